The second kappa shape index (κ2) is 8.31. The molecule has 9 heteroatoms. The largest absolute Gasteiger partial charge is 0.493 e. The Morgan fingerprint density at radius 3 is 2.73 bits per heavy atom. The maximum absolute atomic E-state index is 12.1. The van der Waals surface area contributed by atoms with Crippen LogP contribution in [0.25, 0.3) is 5.69 Å². The molecule has 2 heterocycles. The van der Waals surface area contributed by atoms with Crippen LogP contribution >= 0.6 is 11.6 Å². The Hall–Kier alpha value is -2.42. The zero-order chi connectivity index (χ0) is 18.5. The Morgan fingerprint density at radius 2 is 2.00 bits per heavy atom. The number of rotatable bonds is 5. The first-order chi connectivity index (χ1) is 12.6. The quantitative estimate of drug-likeness (QED) is 0.743. The van der Waals surface area contributed by atoms with Gasteiger partial charge >= 0.3 is 5.69 Å². The molecule has 1 aliphatic heterocycles. The molecule has 0 unspecified atom stereocenters. The molecule has 0 radical (unpaired) electrons. The Balaban J connectivity index is 1.84. The normalized spacial score (nSPS) is 15.6. The summed E-state index contributed by atoms with van der Waals surface area (Å²) in [5, 5.41) is 10.7. The minimum absolute atomic E-state index is 0.0912. The number of aromatic amines is 1. The number of aliphatic imine (C=N–C) groups is 1. The summed E-state index contributed by atoms with van der Waals surface area (Å²) in [7, 11) is 0. The molecule has 2 aromatic rings. The lowest BCUT2D eigenvalue weighted by Crippen LogP contribution is -2.37. The van der Waals surface area contributed by atoms with Gasteiger partial charge in [0.25, 0.3) is 5.56 Å². The van der Waals surface area contributed by atoms with Crippen LogP contribution in [0.3, 0.4) is 0 Å². The first kappa shape index (κ1) is 18.4. The first-order valence-electron chi connectivity index (χ1n) is 8.21. The number of nitrogens with one attached hydrogen (secondary N) is 1. The van der Waals surface area contributed by atoms with Crippen molar-refractivity contribution in [2.45, 2.75) is 0 Å². The third kappa shape index (κ3) is 4.04. The van der Waals surface area contributed by atoms with Crippen molar-refractivity contribution in [3.63, 3.8) is 0 Å². The Labute approximate surface area is 154 Å². The maximum atomic E-state index is 12.1. The van der Waals surface area contributed by atoms with Crippen LogP contribution in [-0.4, -0.2) is 65.2 Å². The van der Waals surface area contributed by atoms with Gasteiger partial charge in [0.05, 0.1) is 30.5 Å². The van der Waals surface area contributed by atoms with Crippen LogP contribution in [0.1, 0.15) is 5.56 Å². The van der Waals surface area contributed by atoms with E-state index < -0.39 is 17.1 Å². The summed E-state index contributed by atoms with van der Waals surface area (Å²) in [6.07, 6.45) is 1.28. The van der Waals surface area contributed by atoms with Gasteiger partial charge in [-0.05, 0) is 12.1 Å². The van der Waals surface area contributed by atoms with E-state index in [1.807, 2.05) is 0 Å². The van der Waals surface area contributed by atoms with Gasteiger partial charge in [0, 0.05) is 25.8 Å². The number of halogens is 1. The number of para-hydroxylation sites is 1. The molecule has 3 rings (SSSR count). The fourth-order valence-electron chi connectivity index (χ4n) is 2.69. The third-order valence-electron chi connectivity index (χ3n) is 4.08. The number of aromatic hydroxyl groups is 1. The average molecular weight is 379 g/mol. The summed E-state index contributed by atoms with van der Waals surface area (Å²) in [6.45, 7) is 4.28. The molecule has 2 N–H and O–H groups in total. The molecule has 0 spiro atoms. The van der Waals surface area contributed by atoms with Crippen LogP contribution < -0.4 is 11.2 Å². The molecule has 0 saturated carbocycles. The van der Waals surface area contributed by atoms with Gasteiger partial charge in [0.2, 0.25) is 5.88 Å². The Kier molecular flexibility index (Phi) is 5.87. The number of aromatic nitrogens is 2. The molecule has 138 valence electrons. The van der Waals surface area contributed by atoms with Gasteiger partial charge < -0.3 is 9.84 Å². The second-order valence-corrected chi connectivity index (χ2v) is 6.18. The molecule has 0 aliphatic carbocycles. The number of H-pyrrole nitrogens is 1. The van der Waals surface area contributed by atoms with Crippen molar-refractivity contribution < 1.29 is 9.84 Å². The van der Waals surface area contributed by atoms with Crippen LogP contribution in [0.15, 0.2) is 38.8 Å². The summed E-state index contributed by atoms with van der Waals surface area (Å²) in [5.41, 5.74) is -1.29. The molecule has 0 bridgehead atoms. The maximum Gasteiger partial charge on any atom is 0.335 e. The topological polar surface area (TPSA) is 99.9 Å². The lowest BCUT2D eigenvalue weighted by Gasteiger charge is -2.25. The van der Waals surface area contributed by atoms with Gasteiger partial charge in [0.1, 0.15) is 5.56 Å². The molecule has 26 heavy (non-hydrogen) atoms. The van der Waals surface area contributed by atoms with Crippen molar-refractivity contribution in [3.05, 3.63) is 55.7 Å². The molecule has 0 amide bonds. The molecule has 8 nitrogen and oxygen atoms in total. The number of hydrogen-bond acceptors (Lipinski definition) is 6. The van der Waals surface area contributed by atoms with E-state index in [1.165, 1.54) is 6.21 Å². The van der Waals surface area contributed by atoms with Gasteiger partial charge in [-0.25, -0.2) is 9.36 Å². The SMILES string of the molecule is O=c1[nH]c(=O)n(-c2ccccc2Cl)c(O)c1C=NCCN1CCOCC1. The van der Waals surface area contributed by atoms with E-state index in [0.29, 0.717) is 19.8 Å². The van der Waals surface area contributed by atoms with Crippen LogP contribution in [-0.2, 0) is 4.74 Å². The average Bonchev–Trinajstić information content (AvgIpc) is 2.63. The van der Waals surface area contributed by atoms with Gasteiger partial charge in [-0.3, -0.25) is 19.7 Å². The van der Waals surface area contributed by atoms with Crippen molar-refractivity contribution in [2.75, 3.05) is 39.4 Å². The molecule has 1 aliphatic rings. The van der Waals surface area contributed by atoms with E-state index in [2.05, 4.69) is 14.9 Å². The number of nitrogens with zero attached hydrogens (tertiary/aromatic N) is 3. The van der Waals surface area contributed by atoms with Crippen LogP contribution in [0.5, 0.6) is 5.88 Å². The summed E-state index contributed by atoms with van der Waals surface area (Å²) in [6, 6.07) is 6.53. The van der Waals surface area contributed by atoms with E-state index >= 15 is 0 Å². The summed E-state index contributed by atoms with van der Waals surface area (Å²) < 4.78 is 6.23. The highest BCUT2D eigenvalue weighted by Gasteiger charge is 2.16. The molecule has 1 aromatic carbocycles. The van der Waals surface area contributed by atoms with Crippen molar-refractivity contribution in [2.24, 2.45) is 4.99 Å². The third-order valence-corrected chi connectivity index (χ3v) is 4.40. The molecule has 1 fully saturated rings. The molecular weight excluding hydrogens is 360 g/mol. The number of hydrogen-bond donors (Lipinski definition) is 2. The summed E-state index contributed by atoms with van der Waals surface area (Å²) >= 11 is 6.10. The van der Waals surface area contributed by atoms with Crippen molar-refractivity contribution in [1.29, 1.82) is 0 Å². The Morgan fingerprint density at radius 1 is 1.27 bits per heavy atom. The van der Waals surface area contributed by atoms with Gasteiger partial charge in [-0.2, -0.15) is 0 Å². The minimum Gasteiger partial charge on any atom is -0.493 e. The molecule has 1 saturated heterocycles. The van der Waals surface area contributed by atoms with E-state index in [4.69, 9.17) is 16.3 Å². The van der Waals surface area contributed by atoms with Crippen molar-refractivity contribution >= 4 is 17.8 Å². The monoisotopic (exact) mass is 378 g/mol. The fourth-order valence-corrected chi connectivity index (χ4v) is 2.91. The highest BCUT2D eigenvalue weighted by Crippen LogP contribution is 2.22. The van der Waals surface area contributed by atoms with Crippen LogP contribution in [0.2, 0.25) is 5.02 Å². The lowest BCUT2D eigenvalue weighted by atomic mass is 10.3. The van der Waals surface area contributed by atoms with Crippen LogP contribution in [0.4, 0.5) is 0 Å². The summed E-state index contributed by atoms with van der Waals surface area (Å²) in [5.74, 6) is -0.498. The highest BCUT2D eigenvalue weighted by atomic mass is 35.5. The molecule has 0 atom stereocenters. The van der Waals surface area contributed by atoms with Gasteiger partial charge in [-0.15, -0.1) is 0 Å². The lowest BCUT2D eigenvalue weighted by molar-refractivity contribution is 0.0395. The van der Waals surface area contributed by atoms with Gasteiger partial charge in [-0.1, -0.05) is 23.7 Å². The van der Waals surface area contributed by atoms with E-state index in [-0.39, 0.29) is 16.3 Å². The van der Waals surface area contributed by atoms with Gasteiger partial charge in [0.15, 0.2) is 0 Å². The first-order valence-corrected chi connectivity index (χ1v) is 8.59. The zero-order valence-electron chi connectivity index (χ0n) is 14.0. The minimum atomic E-state index is -0.772. The Bertz CT molecular complexity index is 916. The van der Waals surface area contributed by atoms with Crippen molar-refractivity contribution in [1.82, 2.24) is 14.5 Å². The van der Waals surface area contributed by atoms with E-state index in [9.17, 15) is 14.7 Å². The number of ether oxygens (including phenoxy) is 1. The predicted octanol–water partition coefficient (Wildman–Crippen LogP) is 0.636. The highest BCUT2D eigenvalue weighted by molar-refractivity contribution is 6.32. The fraction of sp³-hybridized carbons (Fsp3) is 0.353. The van der Waals surface area contributed by atoms with Crippen molar-refractivity contribution in [3.8, 4) is 11.6 Å². The second-order valence-electron chi connectivity index (χ2n) is 5.77. The smallest absolute Gasteiger partial charge is 0.335 e. The standard InChI is InChI=1S/C17H19ClN4O4/c18-13-3-1-2-4-14(13)22-16(24)12(15(23)20-17(22)25)11-19-5-6-21-7-9-26-10-8-21/h1-4,11,24H,5-10H2,(H,20,23,25). The number of benzene rings is 1. The van der Waals surface area contributed by atoms with E-state index in [1.54, 1.807) is 24.3 Å². The van der Waals surface area contributed by atoms with E-state index in [0.717, 1.165) is 24.2 Å². The summed E-state index contributed by atoms with van der Waals surface area (Å²) in [4.78, 5) is 32.8. The van der Waals surface area contributed by atoms with Crippen LogP contribution in [0, 0.1) is 0 Å². The molecule has 1 aromatic heterocycles. The molecular formula is C17H19ClN4O4. The zero-order valence-corrected chi connectivity index (χ0v) is 14.8. The number of morpholine rings is 1. The predicted molar refractivity (Wildman–Crippen MR) is 99.1 cm³/mol.